The van der Waals surface area contributed by atoms with Gasteiger partial charge in [0.1, 0.15) is 22.7 Å². The molecule has 2 heterocycles. The van der Waals surface area contributed by atoms with Crippen LogP contribution in [-0.4, -0.2) is 0 Å². The zero-order chi connectivity index (χ0) is 14.6. The summed E-state index contributed by atoms with van der Waals surface area (Å²) in [5.41, 5.74) is 5.39. The molecule has 0 atom stereocenters. The quantitative estimate of drug-likeness (QED) is 0.441. The first kappa shape index (κ1) is 12.3. The lowest BCUT2D eigenvalue weighted by molar-refractivity contribution is 0.578. The maximum absolute atomic E-state index is 5.96. The summed E-state index contributed by atoms with van der Waals surface area (Å²) in [6.45, 7) is 6.08. The fourth-order valence-corrected chi connectivity index (χ4v) is 3.02. The summed E-state index contributed by atoms with van der Waals surface area (Å²) in [7, 11) is 0. The number of fused-ring (bicyclic) bond motifs is 2. The molecule has 2 aromatic heterocycles. The molecule has 2 nitrogen and oxygen atoms in total. The minimum absolute atomic E-state index is 0.919. The normalized spacial score (nSPS) is 11.6. The Morgan fingerprint density at radius 1 is 0.714 bits per heavy atom. The van der Waals surface area contributed by atoms with Crippen molar-refractivity contribution in [1.29, 1.82) is 0 Å². The molecule has 0 aliphatic heterocycles. The number of hydrogen-bond acceptors (Lipinski definition) is 2. The topological polar surface area (TPSA) is 26.3 Å². The van der Waals surface area contributed by atoms with Crippen LogP contribution >= 0.6 is 0 Å². The van der Waals surface area contributed by atoms with Gasteiger partial charge in [0.05, 0.1) is 0 Å². The van der Waals surface area contributed by atoms with Crippen LogP contribution in [0.4, 0.5) is 0 Å². The van der Waals surface area contributed by atoms with Crippen molar-refractivity contribution >= 4 is 21.9 Å². The predicted molar refractivity (Wildman–Crippen MR) is 85.6 cm³/mol. The molecule has 0 N–H and O–H groups in total. The van der Waals surface area contributed by atoms with Crippen LogP contribution in [0.25, 0.3) is 33.1 Å². The summed E-state index contributed by atoms with van der Waals surface area (Å²) in [5.74, 6) is 1.87. The summed E-state index contributed by atoms with van der Waals surface area (Å²) in [4.78, 5) is 0. The van der Waals surface area contributed by atoms with E-state index in [-0.39, 0.29) is 0 Å². The standard InChI is InChI=1S/C19H16O2/c1-11-7-8-15(19-16(11)9-13(3)21-19)14-5-4-6-18-17(14)10-12(2)20-18/h4-10H,1-3H3. The van der Waals surface area contributed by atoms with Gasteiger partial charge in [-0.2, -0.15) is 0 Å². The summed E-state index contributed by atoms with van der Waals surface area (Å²) in [6, 6.07) is 14.6. The minimum Gasteiger partial charge on any atom is -0.461 e. The van der Waals surface area contributed by atoms with Crippen molar-refractivity contribution in [2.45, 2.75) is 20.8 Å². The molecule has 0 saturated carbocycles. The van der Waals surface area contributed by atoms with Crippen LogP contribution in [0.15, 0.2) is 51.3 Å². The Morgan fingerprint density at radius 3 is 2.33 bits per heavy atom. The molecule has 21 heavy (non-hydrogen) atoms. The second-order valence-electron chi connectivity index (χ2n) is 5.60. The van der Waals surface area contributed by atoms with Crippen LogP contribution in [0, 0.1) is 20.8 Å². The summed E-state index contributed by atoms with van der Waals surface area (Å²) >= 11 is 0. The van der Waals surface area contributed by atoms with E-state index in [2.05, 4.69) is 37.3 Å². The third kappa shape index (κ3) is 1.79. The average molecular weight is 276 g/mol. The predicted octanol–water partition coefficient (Wildman–Crippen LogP) is 5.77. The lowest BCUT2D eigenvalue weighted by Crippen LogP contribution is -1.82. The van der Waals surface area contributed by atoms with E-state index in [0.717, 1.165) is 39.2 Å². The molecular formula is C19H16O2. The highest BCUT2D eigenvalue weighted by atomic mass is 16.3. The Bertz CT molecular complexity index is 970. The first-order chi connectivity index (χ1) is 10.1. The van der Waals surface area contributed by atoms with Crippen LogP contribution < -0.4 is 0 Å². The molecule has 0 spiro atoms. The molecule has 4 rings (SSSR count). The summed E-state index contributed by atoms with van der Waals surface area (Å²) in [5, 5.41) is 2.32. The molecular weight excluding hydrogens is 260 g/mol. The number of aryl methyl sites for hydroxylation is 3. The van der Waals surface area contributed by atoms with Crippen molar-refractivity contribution in [2.75, 3.05) is 0 Å². The number of hydrogen-bond donors (Lipinski definition) is 0. The Labute approximate surface area is 123 Å². The van der Waals surface area contributed by atoms with Gasteiger partial charge in [-0.1, -0.05) is 24.3 Å². The molecule has 0 aliphatic carbocycles. The Kier molecular flexibility index (Phi) is 2.49. The van der Waals surface area contributed by atoms with Gasteiger partial charge in [0.2, 0.25) is 0 Å². The SMILES string of the molecule is Cc1cc2c(-c3ccc(C)c4cc(C)oc34)cccc2o1. The first-order valence-corrected chi connectivity index (χ1v) is 7.13. The average Bonchev–Trinajstić information content (AvgIpc) is 3.01. The highest BCUT2D eigenvalue weighted by molar-refractivity contribution is 6.03. The van der Waals surface area contributed by atoms with Crippen LogP contribution in [-0.2, 0) is 0 Å². The number of furan rings is 2. The van der Waals surface area contributed by atoms with Crippen LogP contribution in [0.2, 0.25) is 0 Å². The monoisotopic (exact) mass is 276 g/mol. The van der Waals surface area contributed by atoms with E-state index in [1.807, 2.05) is 26.0 Å². The van der Waals surface area contributed by atoms with Crippen molar-refractivity contribution in [3.8, 4) is 11.1 Å². The number of benzene rings is 2. The summed E-state index contributed by atoms with van der Waals surface area (Å²) in [6.07, 6.45) is 0. The fourth-order valence-electron chi connectivity index (χ4n) is 3.02. The zero-order valence-electron chi connectivity index (χ0n) is 12.4. The second-order valence-corrected chi connectivity index (χ2v) is 5.60. The lowest BCUT2D eigenvalue weighted by Gasteiger charge is -2.05. The fraction of sp³-hybridized carbons (Fsp3) is 0.158. The Balaban J connectivity index is 2.11. The second kappa shape index (κ2) is 4.26. The maximum atomic E-state index is 5.96. The lowest BCUT2D eigenvalue weighted by atomic mass is 9.98. The van der Waals surface area contributed by atoms with Crippen molar-refractivity contribution < 1.29 is 8.83 Å². The molecule has 0 bridgehead atoms. The van der Waals surface area contributed by atoms with E-state index in [1.165, 1.54) is 10.9 Å². The third-order valence-corrected chi connectivity index (χ3v) is 4.00. The van der Waals surface area contributed by atoms with Crippen molar-refractivity contribution in [3.05, 3.63) is 59.5 Å². The molecule has 0 fully saturated rings. The van der Waals surface area contributed by atoms with Gasteiger partial charge in [0.15, 0.2) is 0 Å². The largest absolute Gasteiger partial charge is 0.461 e. The van der Waals surface area contributed by atoms with Gasteiger partial charge < -0.3 is 8.83 Å². The highest BCUT2D eigenvalue weighted by Crippen LogP contribution is 2.37. The van der Waals surface area contributed by atoms with Crippen molar-refractivity contribution in [1.82, 2.24) is 0 Å². The minimum atomic E-state index is 0.919. The smallest absolute Gasteiger partial charge is 0.142 e. The van der Waals surface area contributed by atoms with E-state index < -0.39 is 0 Å². The first-order valence-electron chi connectivity index (χ1n) is 7.13. The molecule has 0 aliphatic rings. The Hall–Kier alpha value is -2.48. The molecule has 4 aromatic rings. The molecule has 0 amide bonds. The third-order valence-electron chi connectivity index (χ3n) is 4.00. The highest BCUT2D eigenvalue weighted by Gasteiger charge is 2.14. The molecule has 0 radical (unpaired) electrons. The van der Waals surface area contributed by atoms with E-state index in [0.29, 0.717) is 0 Å². The molecule has 0 unspecified atom stereocenters. The molecule has 2 heteroatoms. The van der Waals surface area contributed by atoms with E-state index in [4.69, 9.17) is 8.83 Å². The van der Waals surface area contributed by atoms with Gasteiger partial charge in [-0.15, -0.1) is 0 Å². The molecule has 0 saturated heterocycles. The summed E-state index contributed by atoms with van der Waals surface area (Å²) < 4.78 is 11.7. The zero-order valence-corrected chi connectivity index (χ0v) is 12.4. The molecule has 2 aromatic carbocycles. The molecule has 104 valence electrons. The number of rotatable bonds is 1. The van der Waals surface area contributed by atoms with Gasteiger partial charge in [0, 0.05) is 16.3 Å². The van der Waals surface area contributed by atoms with Crippen LogP contribution in [0.1, 0.15) is 17.1 Å². The van der Waals surface area contributed by atoms with Crippen molar-refractivity contribution in [3.63, 3.8) is 0 Å². The van der Waals surface area contributed by atoms with Crippen LogP contribution in [0.5, 0.6) is 0 Å². The van der Waals surface area contributed by atoms with Gasteiger partial charge in [-0.05, 0) is 50.1 Å². The van der Waals surface area contributed by atoms with Crippen molar-refractivity contribution in [2.24, 2.45) is 0 Å². The van der Waals surface area contributed by atoms with Crippen LogP contribution in [0.3, 0.4) is 0 Å². The van der Waals surface area contributed by atoms with Gasteiger partial charge in [0.25, 0.3) is 0 Å². The van der Waals surface area contributed by atoms with E-state index >= 15 is 0 Å². The van der Waals surface area contributed by atoms with Gasteiger partial charge >= 0.3 is 0 Å². The maximum Gasteiger partial charge on any atom is 0.142 e. The van der Waals surface area contributed by atoms with E-state index in [9.17, 15) is 0 Å². The van der Waals surface area contributed by atoms with E-state index in [1.54, 1.807) is 0 Å². The van der Waals surface area contributed by atoms with Gasteiger partial charge in [-0.3, -0.25) is 0 Å². The Morgan fingerprint density at radius 2 is 1.48 bits per heavy atom. The van der Waals surface area contributed by atoms with Gasteiger partial charge in [-0.25, -0.2) is 0 Å².